The van der Waals surface area contributed by atoms with Gasteiger partial charge in [-0.1, -0.05) is 19.3 Å². The van der Waals surface area contributed by atoms with Crippen molar-refractivity contribution in [3.05, 3.63) is 0 Å². The molecule has 0 aliphatic carbocycles. The number of aliphatic hydroxyl groups excluding tert-OH is 2. The average molecular weight is 272 g/mol. The lowest BCUT2D eigenvalue weighted by molar-refractivity contribution is -0.132. The van der Waals surface area contributed by atoms with E-state index in [9.17, 15) is 4.79 Å². The van der Waals surface area contributed by atoms with E-state index in [2.05, 4.69) is 0 Å². The van der Waals surface area contributed by atoms with Gasteiger partial charge < -0.3 is 15.1 Å². The number of rotatable bonds is 7. The lowest BCUT2D eigenvalue weighted by Gasteiger charge is -2.28. The summed E-state index contributed by atoms with van der Waals surface area (Å²) in [5, 5.41) is 17.9. The molecule has 1 amide bonds. The van der Waals surface area contributed by atoms with Crippen molar-refractivity contribution in [3.8, 4) is 0 Å². The molecule has 2 N–H and O–H groups in total. The molecule has 5 heteroatoms. The minimum absolute atomic E-state index is 0.0543. The maximum absolute atomic E-state index is 12.3. The van der Waals surface area contributed by atoms with E-state index < -0.39 is 0 Å². The fourth-order valence-corrected chi connectivity index (χ4v) is 2.49. The van der Waals surface area contributed by atoms with E-state index in [0.717, 1.165) is 25.9 Å². The number of carbonyl (C=O) groups is 1. The molecule has 1 rings (SSSR count). The Kier molecular flexibility index (Phi) is 8.79. The summed E-state index contributed by atoms with van der Waals surface area (Å²) in [5.74, 6) is 0.160. The summed E-state index contributed by atoms with van der Waals surface area (Å²) < 4.78 is 0. The molecular formula is C14H28N2O3. The molecule has 0 saturated carbocycles. The number of hydrogen-bond donors (Lipinski definition) is 2. The molecule has 0 bridgehead atoms. The summed E-state index contributed by atoms with van der Waals surface area (Å²) in [4.78, 5) is 16.1. The van der Waals surface area contributed by atoms with Crippen molar-refractivity contribution in [2.45, 2.75) is 38.5 Å². The summed E-state index contributed by atoms with van der Waals surface area (Å²) in [6, 6.07) is 0. The number of hydrogen-bond acceptors (Lipinski definition) is 4. The minimum atomic E-state index is 0.0543. The largest absolute Gasteiger partial charge is 0.396 e. The van der Waals surface area contributed by atoms with Crippen molar-refractivity contribution in [1.82, 2.24) is 9.80 Å². The third kappa shape index (κ3) is 6.89. The standard InChI is InChI=1S/C14H28N2O3/c17-11-6-7-15(10-12-18)13-14(19)16-8-4-2-1-3-5-9-16/h17-18H,1-13H2. The van der Waals surface area contributed by atoms with Crippen LogP contribution in [0.4, 0.5) is 0 Å². The van der Waals surface area contributed by atoms with Crippen LogP contribution in [0.15, 0.2) is 0 Å². The van der Waals surface area contributed by atoms with E-state index in [-0.39, 0.29) is 19.1 Å². The van der Waals surface area contributed by atoms with Gasteiger partial charge in [-0.2, -0.15) is 0 Å². The first-order chi connectivity index (χ1) is 9.27. The second kappa shape index (κ2) is 10.2. The highest BCUT2D eigenvalue weighted by Crippen LogP contribution is 2.11. The lowest BCUT2D eigenvalue weighted by Crippen LogP contribution is -2.43. The van der Waals surface area contributed by atoms with Gasteiger partial charge in [-0.3, -0.25) is 9.69 Å². The Hall–Kier alpha value is -0.650. The van der Waals surface area contributed by atoms with Gasteiger partial charge in [-0.05, 0) is 19.3 Å². The molecule has 1 fully saturated rings. The van der Waals surface area contributed by atoms with Gasteiger partial charge in [0.25, 0.3) is 0 Å². The van der Waals surface area contributed by atoms with Crippen molar-refractivity contribution in [1.29, 1.82) is 0 Å². The SMILES string of the molecule is O=C(CN(CCO)CCCO)N1CCCCCCC1. The predicted molar refractivity (Wildman–Crippen MR) is 74.9 cm³/mol. The lowest BCUT2D eigenvalue weighted by atomic mass is 10.1. The average Bonchev–Trinajstić information content (AvgIpc) is 2.35. The topological polar surface area (TPSA) is 64.0 Å². The van der Waals surface area contributed by atoms with Crippen LogP contribution in [-0.4, -0.2) is 71.9 Å². The first kappa shape index (κ1) is 16.4. The Balaban J connectivity index is 2.39. The number of likely N-dealkylation sites (tertiary alicyclic amines) is 1. The third-order valence-corrected chi connectivity index (χ3v) is 3.62. The van der Waals surface area contributed by atoms with Crippen molar-refractivity contribution in [3.63, 3.8) is 0 Å². The zero-order valence-corrected chi connectivity index (χ0v) is 11.9. The first-order valence-corrected chi connectivity index (χ1v) is 7.49. The van der Waals surface area contributed by atoms with Gasteiger partial charge in [0.1, 0.15) is 0 Å². The van der Waals surface area contributed by atoms with E-state index >= 15 is 0 Å². The van der Waals surface area contributed by atoms with E-state index in [1.165, 1.54) is 19.3 Å². The molecule has 0 aromatic carbocycles. The van der Waals surface area contributed by atoms with Crippen molar-refractivity contribution in [2.24, 2.45) is 0 Å². The third-order valence-electron chi connectivity index (χ3n) is 3.62. The molecule has 112 valence electrons. The maximum Gasteiger partial charge on any atom is 0.236 e. The molecule has 1 heterocycles. The van der Waals surface area contributed by atoms with Crippen molar-refractivity contribution >= 4 is 5.91 Å². The summed E-state index contributed by atoms with van der Waals surface area (Å²) in [6.07, 6.45) is 6.57. The van der Waals surface area contributed by atoms with Crippen LogP contribution in [0.25, 0.3) is 0 Å². The fourth-order valence-electron chi connectivity index (χ4n) is 2.49. The molecule has 19 heavy (non-hydrogen) atoms. The molecular weight excluding hydrogens is 244 g/mol. The smallest absolute Gasteiger partial charge is 0.236 e. The van der Waals surface area contributed by atoms with Crippen molar-refractivity contribution < 1.29 is 15.0 Å². The first-order valence-electron chi connectivity index (χ1n) is 7.49. The van der Waals surface area contributed by atoms with Crippen LogP contribution >= 0.6 is 0 Å². The Morgan fingerprint density at radius 1 is 0.947 bits per heavy atom. The molecule has 0 aromatic rings. The van der Waals surface area contributed by atoms with Crippen LogP contribution in [0.5, 0.6) is 0 Å². The van der Waals surface area contributed by atoms with E-state index in [1.54, 1.807) is 0 Å². The van der Waals surface area contributed by atoms with Crippen LogP contribution in [0.3, 0.4) is 0 Å². The van der Waals surface area contributed by atoms with E-state index in [0.29, 0.717) is 26.1 Å². The summed E-state index contributed by atoms with van der Waals surface area (Å²) in [5.41, 5.74) is 0. The monoisotopic (exact) mass is 272 g/mol. The maximum atomic E-state index is 12.3. The van der Waals surface area contributed by atoms with E-state index in [1.807, 2.05) is 9.80 Å². The van der Waals surface area contributed by atoms with Gasteiger partial charge in [0.2, 0.25) is 5.91 Å². The molecule has 0 unspecified atom stereocenters. The number of carbonyl (C=O) groups excluding carboxylic acids is 1. The van der Waals surface area contributed by atoms with Crippen LogP contribution in [-0.2, 0) is 4.79 Å². The second-order valence-electron chi connectivity index (χ2n) is 5.23. The normalized spacial score (nSPS) is 17.3. The van der Waals surface area contributed by atoms with Crippen LogP contribution in [0.1, 0.15) is 38.5 Å². The molecule has 5 nitrogen and oxygen atoms in total. The van der Waals surface area contributed by atoms with Crippen molar-refractivity contribution in [2.75, 3.05) is 45.9 Å². The number of amides is 1. The molecule has 0 atom stereocenters. The Morgan fingerprint density at radius 3 is 2.16 bits per heavy atom. The zero-order chi connectivity index (χ0) is 13.9. The highest BCUT2D eigenvalue weighted by Gasteiger charge is 2.17. The molecule has 0 spiro atoms. The molecule has 1 aliphatic rings. The minimum Gasteiger partial charge on any atom is -0.396 e. The van der Waals surface area contributed by atoms with Crippen LogP contribution < -0.4 is 0 Å². The van der Waals surface area contributed by atoms with Gasteiger partial charge in [-0.15, -0.1) is 0 Å². The van der Waals surface area contributed by atoms with Gasteiger partial charge in [0, 0.05) is 32.8 Å². The van der Waals surface area contributed by atoms with Gasteiger partial charge >= 0.3 is 0 Å². The highest BCUT2D eigenvalue weighted by molar-refractivity contribution is 5.78. The summed E-state index contributed by atoms with van der Waals surface area (Å²) in [6.45, 7) is 3.44. The Morgan fingerprint density at radius 2 is 1.58 bits per heavy atom. The zero-order valence-electron chi connectivity index (χ0n) is 11.9. The number of aliphatic hydroxyl groups is 2. The van der Waals surface area contributed by atoms with Gasteiger partial charge in [0.05, 0.1) is 13.2 Å². The summed E-state index contributed by atoms with van der Waals surface area (Å²) in [7, 11) is 0. The van der Waals surface area contributed by atoms with Crippen LogP contribution in [0, 0.1) is 0 Å². The van der Waals surface area contributed by atoms with Crippen LogP contribution in [0.2, 0.25) is 0 Å². The second-order valence-corrected chi connectivity index (χ2v) is 5.23. The predicted octanol–water partition coefficient (Wildman–Crippen LogP) is 0.456. The molecule has 1 aliphatic heterocycles. The quantitative estimate of drug-likeness (QED) is 0.706. The summed E-state index contributed by atoms with van der Waals surface area (Å²) >= 11 is 0. The van der Waals surface area contributed by atoms with E-state index in [4.69, 9.17) is 10.2 Å². The highest BCUT2D eigenvalue weighted by atomic mass is 16.3. The Labute approximate surface area is 116 Å². The molecule has 0 aromatic heterocycles. The number of nitrogens with zero attached hydrogens (tertiary/aromatic N) is 2. The van der Waals surface area contributed by atoms with Gasteiger partial charge in [0.15, 0.2) is 0 Å². The Bertz CT molecular complexity index is 241. The fraction of sp³-hybridized carbons (Fsp3) is 0.929. The van der Waals surface area contributed by atoms with Gasteiger partial charge in [-0.25, -0.2) is 0 Å². The molecule has 1 saturated heterocycles. The molecule has 0 radical (unpaired) electrons.